The summed E-state index contributed by atoms with van der Waals surface area (Å²) < 4.78 is 37.8. The minimum Gasteiger partial charge on any atom is -0.352 e. The van der Waals surface area contributed by atoms with Crippen LogP contribution in [0.15, 0.2) is 30.3 Å². The van der Waals surface area contributed by atoms with Crippen LogP contribution < -0.4 is 5.32 Å². The molecule has 150 valence electrons. The van der Waals surface area contributed by atoms with Gasteiger partial charge in [0.05, 0.1) is 5.56 Å². The first-order valence-corrected chi connectivity index (χ1v) is 9.38. The van der Waals surface area contributed by atoms with Gasteiger partial charge in [-0.1, -0.05) is 19.1 Å². The lowest BCUT2D eigenvalue weighted by atomic mass is 10.0. The maximum absolute atomic E-state index is 12.6. The number of rotatable bonds is 7. The van der Waals surface area contributed by atoms with Gasteiger partial charge < -0.3 is 15.1 Å². The number of hydrogen-bond donors (Lipinski definition) is 1. The number of carbonyl (C=O) groups is 1. The Labute approximate surface area is 159 Å². The van der Waals surface area contributed by atoms with Crippen LogP contribution in [0.2, 0.25) is 0 Å². The first kappa shape index (κ1) is 21.4. The van der Waals surface area contributed by atoms with Gasteiger partial charge in [-0.15, -0.1) is 0 Å². The molecular formula is C20H28F3N3O. The van der Waals surface area contributed by atoms with Crippen molar-refractivity contribution in [3.05, 3.63) is 41.5 Å². The van der Waals surface area contributed by atoms with Gasteiger partial charge in [0.15, 0.2) is 0 Å². The maximum atomic E-state index is 12.6. The molecule has 1 aromatic rings. The van der Waals surface area contributed by atoms with E-state index in [1.54, 1.807) is 6.92 Å². The van der Waals surface area contributed by atoms with Gasteiger partial charge in [-0.3, -0.25) is 4.79 Å². The molecule has 0 unspecified atom stereocenters. The van der Waals surface area contributed by atoms with Gasteiger partial charge in [-0.05, 0) is 49.7 Å². The number of allylic oxidation sites excluding steroid dienone is 1. The molecule has 4 nitrogen and oxygen atoms in total. The second-order valence-electron chi connectivity index (χ2n) is 6.82. The van der Waals surface area contributed by atoms with Crippen LogP contribution in [-0.2, 0) is 11.0 Å². The summed E-state index contributed by atoms with van der Waals surface area (Å²) in [6.45, 7) is 10.8. The SMILES string of the molecule is CCN1CCN(CCCNC(=O)/C=C(/C)c2ccc(C(F)(F)F)cc2)CC1. The molecule has 0 aromatic heterocycles. The van der Waals surface area contributed by atoms with Gasteiger partial charge in [0.1, 0.15) is 0 Å². The van der Waals surface area contributed by atoms with E-state index in [0.717, 1.165) is 57.8 Å². The van der Waals surface area contributed by atoms with Crippen molar-refractivity contribution in [1.82, 2.24) is 15.1 Å². The highest BCUT2D eigenvalue weighted by atomic mass is 19.4. The van der Waals surface area contributed by atoms with Gasteiger partial charge in [0.25, 0.3) is 0 Å². The average Bonchev–Trinajstić information content (AvgIpc) is 2.65. The second-order valence-corrected chi connectivity index (χ2v) is 6.82. The third kappa shape index (κ3) is 6.99. The average molecular weight is 383 g/mol. The maximum Gasteiger partial charge on any atom is 0.416 e. The standard InChI is InChI=1S/C20H28F3N3O/c1-3-25-11-13-26(14-12-25)10-4-9-24-19(27)15-16(2)17-5-7-18(8-6-17)20(21,22)23/h5-8,15H,3-4,9-14H2,1-2H3,(H,24,27)/b16-15-. The number of benzene rings is 1. The van der Waals surface area contributed by atoms with Gasteiger partial charge in [0, 0.05) is 38.8 Å². The van der Waals surface area contributed by atoms with Crippen LogP contribution in [0.3, 0.4) is 0 Å². The first-order valence-electron chi connectivity index (χ1n) is 9.38. The number of halogens is 3. The molecule has 1 aliphatic rings. The number of nitrogens with one attached hydrogen (secondary N) is 1. The van der Waals surface area contributed by atoms with Crippen LogP contribution in [0.25, 0.3) is 5.57 Å². The molecule has 0 aliphatic carbocycles. The second kappa shape index (κ2) is 9.90. The highest BCUT2D eigenvalue weighted by Crippen LogP contribution is 2.29. The highest BCUT2D eigenvalue weighted by Gasteiger charge is 2.29. The summed E-state index contributed by atoms with van der Waals surface area (Å²) in [4.78, 5) is 16.8. The molecule has 27 heavy (non-hydrogen) atoms. The lowest BCUT2D eigenvalue weighted by molar-refractivity contribution is -0.137. The van der Waals surface area contributed by atoms with E-state index in [2.05, 4.69) is 22.0 Å². The number of hydrogen-bond acceptors (Lipinski definition) is 3. The lowest BCUT2D eigenvalue weighted by Crippen LogP contribution is -2.46. The van der Waals surface area contributed by atoms with E-state index in [-0.39, 0.29) is 5.91 Å². The Balaban J connectivity index is 1.72. The van der Waals surface area contributed by atoms with Crippen LogP contribution >= 0.6 is 0 Å². The fourth-order valence-electron chi connectivity index (χ4n) is 3.10. The topological polar surface area (TPSA) is 35.6 Å². The number of carbonyl (C=O) groups excluding carboxylic acids is 1. The van der Waals surface area contributed by atoms with Crippen molar-refractivity contribution in [2.75, 3.05) is 45.8 Å². The van der Waals surface area contributed by atoms with E-state index in [9.17, 15) is 18.0 Å². The number of alkyl halides is 3. The summed E-state index contributed by atoms with van der Waals surface area (Å²) >= 11 is 0. The molecule has 2 rings (SSSR count). The summed E-state index contributed by atoms with van der Waals surface area (Å²) in [7, 11) is 0. The molecule has 0 atom stereocenters. The molecule has 1 saturated heterocycles. The molecule has 1 N–H and O–H groups in total. The Morgan fingerprint density at radius 3 is 2.26 bits per heavy atom. The fourth-order valence-corrected chi connectivity index (χ4v) is 3.10. The van der Waals surface area contributed by atoms with E-state index >= 15 is 0 Å². The summed E-state index contributed by atoms with van der Waals surface area (Å²) in [5, 5.41) is 2.85. The van der Waals surface area contributed by atoms with E-state index in [4.69, 9.17) is 0 Å². The van der Waals surface area contributed by atoms with Crippen LogP contribution in [0.1, 0.15) is 31.4 Å². The van der Waals surface area contributed by atoms with Gasteiger partial charge in [-0.25, -0.2) is 0 Å². The predicted molar refractivity (Wildman–Crippen MR) is 101 cm³/mol. The number of likely N-dealkylation sites (N-methyl/N-ethyl adjacent to an activating group) is 1. The minimum atomic E-state index is -4.35. The van der Waals surface area contributed by atoms with Crippen LogP contribution in [-0.4, -0.2) is 61.5 Å². The van der Waals surface area contributed by atoms with Crippen molar-refractivity contribution in [2.45, 2.75) is 26.4 Å². The van der Waals surface area contributed by atoms with Crippen LogP contribution in [0.4, 0.5) is 13.2 Å². The number of piperazine rings is 1. The Bertz CT molecular complexity index is 633. The van der Waals surface area contributed by atoms with E-state index in [0.29, 0.717) is 17.7 Å². The van der Waals surface area contributed by atoms with Crippen LogP contribution in [0.5, 0.6) is 0 Å². The monoisotopic (exact) mass is 383 g/mol. The molecule has 1 aliphatic heterocycles. The normalized spacial score (nSPS) is 17.1. The minimum absolute atomic E-state index is 0.219. The molecule has 7 heteroatoms. The van der Waals surface area contributed by atoms with E-state index in [1.165, 1.54) is 18.2 Å². The summed E-state index contributed by atoms with van der Waals surface area (Å²) in [6.07, 6.45) is -2.04. The van der Waals surface area contributed by atoms with Crippen molar-refractivity contribution in [2.24, 2.45) is 0 Å². The smallest absolute Gasteiger partial charge is 0.352 e. The summed E-state index contributed by atoms with van der Waals surface area (Å²) in [6, 6.07) is 4.83. The van der Waals surface area contributed by atoms with Gasteiger partial charge in [0.2, 0.25) is 5.91 Å². The zero-order valence-electron chi connectivity index (χ0n) is 16.0. The molecular weight excluding hydrogens is 355 g/mol. The number of nitrogens with zero attached hydrogens (tertiary/aromatic N) is 2. The number of amides is 1. The highest BCUT2D eigenvalue weighted by molar-refractivity contribution is 5.94. The summed E-state index contributed by atoms with van der Waals surface area (Å²) in [5.41, 5.74) is 0.548. The third-order valence-corrected chi connectivity index (χ3v) is 4.88. The third-order valence-electron chi connectivity index (χ3n) is 4.88. The predicted octanol–water partition coefficient (Wildman–Crippen LogP) is 3.25. The molecule has 1 amide bonds. The fraction of sp³-hybridized carbons (Fsp3) is 0.550. The molecule has 1 fully saturated rings. The van der Waals surface area contributed by atoms with E-state index in [1.807, 2.05) is 0 Å². The molecule has 0 bridgehead atoms. The Morgan fingerprint density at radius 1 is 1.11 bits per heavy atom. The summed E-state index contributed by atoms with van der Waals surface area (Å²) in [5.74, 6) is -0.219. The van der Waals surface area contributed by atoms with Gasteiger partial charge in [-0.2, -0.15) is 13.2 Å². The largest absolute Gasteiger partial charge is 0.416 e. The molecule has 0 radical (unpaired) electrons. The Morgan fingerprint density at radius 2 is 1.70 bits per heavy atom. The lowest BCUT2D eigenvalue weighted by Gasteiger charge is -2.33. The first-order chi connectivity index (χ1) is 12.8. The molecule has 0 spiro atoms. The van der Waals surface area contributed by atoms with E-state index < -0.39 is 11.7 Å². The Kier molecular flexibility index (Phi) is 7.86. The van der Waals surface area contributed by atoms with Gasteiger partial charge >= 0.3 is 6.18 Å². The van der Waals surface area contributed by atoms with Crippen molar-refractivity contribution >= 4 is 11.5 Å². The Hall–Kier alpha value is -1.86. The quantitative estimate of drug-likeness (QED) is 0.580. The van der Waals surface area contributed by atoms with Crippen molar-refractivity contribution in [3.63, 3.8) is 0 Å². The van der Waals surface area contributed by atoms with Crippen molar-refractivity contribution in [1.29, 1.82) is 0 Å². The van der Waals surface area contributed by atoms with Crippen molar-refractivity contribution < 1.29 is 18.0 Å². The zero-order valence-corrected chi connectivity index (χ0v) is 16.0. The van der Waals surface area contributed by atoms with Crippen LogP contribution in [0, 0.1) is 0 Å². The molecule has 1 aromatic carbocycles. The zero-order chi connectivity index (χ0) is 19.9. The van der Waals surface area contributed by atoms with Crippen molar-refractivity contribution in [3.8, 4) is 0 Å². The molecule has 1 heterocycles. The molecule has 0 saturated carbocycles.